The van der Waals surface area contributed by atoms with Crippen LogP contribution in [0.1, 0.15) is 36.4 Å². The maximum absolute atomic E-state index is 6.07. The van der Waals surface area contributed by atoms with Gasteiger partial charge in [0.2, 0.25) is 0 Å². The molecule has 0 saturated carbocycles. The molecule has 152 valence electrons. The number of fused-ring (bicyclic) bond motifs is 3. The Morgan fingerprint density at radius 3 is 2.77 bits per heavy atom. The van der Waals surface area contributed by atoms with Gasteiger partial charge in [0.25, 0.3) is 0 Å². The number of rotatable bonds is 4. The molecule has 0 aliphatic heterocycles. The van der Waals surface area contributed by atoms with Crippen molar-refractivity contribution >= 4 is 17.3 Å². The van der Waals surface area contributed by atoms with Crippen molar-refractivity contribution in [3.63, 3.8) is 0 Å². The maximum atomic E-state index is 6.07. The third-order valence-electron chi connectivity index (χ3n) is 5.77. The first-order valence-electron chi connectivity index (χ1n) is 10.3. The van der Waals surface area contributed by atoms with E-state index in [1.54, 1.807) is 0 Å². The lowest BCUT2D eigenvalue weighted by Crippen LogP contribution is -2.11. The van der Waals surface area contributed by atoms with E-state index in [2.05, 4.69) is 46.9 Å². The molecule has 2 aromatic heterocycles. The van der Waals surface area contributed by atoms with E-state index in [-0.39, 0.29) is 6.04 Å². The van der Waals surface area contributed by atoms with Crippen LogP contribution in [-0.4, -0.2) is 14.9 Å². The predicted molar refractivity (Wildman–Crippen MR) is 120 cm³/mol. The Hall–Kier alpha value is -3.05. The number of aromatic nitrogens is 3. The van der Waals surface area contributed by atoms with Gasteiger partial charge in [0.05, 0.1) is 17.9 Å². The van der Waals surface area contributed by atoms with Crippen molar-refractivity contribution in [2.75, 3.05) is 5.32 Å². The highest BCUT2D eigenvalue weighted by Gasteiger charge is 2.27. The van der Waals surface area contributed by atoms with Crippen LogP contribution >= 0.6 is 11.6 Å². The minimum Gasteiger partial charge on any atom is -0.378 e. The van der Waals surface area contributed by atoms with Crippen molar-refractivity contribution in [1.29, 1.82) is 0 Å². The van der Waals surface area contributed by atoms with E-state index < -0.39 is 0 Å². The molecule has 1 N–H and O–H groups in total. The van der Waals surface area contributed by atoms with Crippen molar-refractivity contribution in [2.24, 2.45) is 0 Å². The fourth-order valence-electron chi connectivity index (χ4n) is 4.20. The molecule has 30 heavy (non-hydrogen) atoms. The average molecular weight is 419 g/mol. The van der Waals surface area contributed by atoms with E-state index in [0.29, 0.717) is 0 Å². The van der Waals surface area contributed by atoms with Crippen LogP contribution in [0.5, 0.6) is 0 Å². The zero-order valence-electron chi connectivity index (χ0n) is 17.0. The molecule has 0 saturated heterocycles. The van der Waals surface area contributed by atoms with Crippen LogP contribution in [0.3, 0.4) is 0 Å². The van der Waals surface area contributed by atoms with Gasteiger partial charge >= 0.3 is 0 Å². The second-order valence-electron chi connectivity index (χ2n) is 7.70. The van der Waals surface area contributed by atoms with Gasteiger partial charge in [-0.15, -0.1) is 0 Å². The molecule has 1 unspecified atom stereocenters. The molecule has 5 nitrogen and oxygen atoms in total. The quantitative estimate of drug-likeness (QED) is 0.423. The lowest BCUT2D eigenvalue weighted by atomic mass is 9.92. The van der Waals surface area contributed by atoms with Crippen LogP contribution in [0.25, 0.3) is 22.3 Å². The molecule has 2 heterocycles. The Labute approximate surface area is 180 Å². The number of benzene rings is 2. The van der Waals surface area contributed by atoms with Crippen molar-refractivity contribution < 1.29 is 4.52 Å². The van der Waals surface area contributed by atoms with E-state index in [0.717, 1.165) is 58.2 Å². The van der Waals surface area contributed by atoms with Crippen LogP contribution in [0.4, 0.5) is 5.69 Å². The molecule has 0 spiro atoms. The number of nitrogens with zero attached hydrogens (tertiary/aromatic N) is 3. The lowest BCUT2D eigenvalue weighted by molar-refractivity contribution is 0.376. The van der Waals surface area contributed by atoms with Crippen LogP contribution in [-0.2, 0) is 13.0 Å². The monoisotopic (exact) mass is 418 g/mol. The smallest absolute Gasteiger partial charge is 0.144 e. The molecule has 1 aliphatic carbocycles. The Bertz CT molecular complexity index is 1190. The highest BCUT2D eigenvalue weighted by molar-refractivity contribution is 6.30. The summed E-state index contributed by atoms with van der Waals surface area (Å²) in [5, 5.41) is 13.1. The van der Waals surface area contributed by atoms with E-state index in [4.69, 9.17) is 16.1 Å². The van der Waals surface area contributed by atoms with Crippen molar-refractivity contribution in [3.05, 3.63) is 76.9 Å². The van der Waals surface area contributed by atoms with Gasteiger partial charge in [0.15, 0.2) is 0 Å². The standard InChI is InChI=1S/C24H23ClN4O/c1-3-29-14-17(13-26-29)16-4-9-20-21(12-16)22(27-19-7-5-18(25)6-8-19)10-11-23-24(20)15(2)28-30-23/h4-9,12-14,22,27H,3,10-11H2,1-2H3. The highest BCUT2D eigenvalue weighted by Crippen LogP contribution is 2.42. The van der Waals surface area contributed by atoms with E-state index >= 15 is 0 Å². The van der Waals surface area contributed by atoms with Crippen LogP contribution in [0.2, 0.25) is 5.02 Å². The number of hydrogen-bond donors (Lipinski definition) is 1. The predicted octanol–water partition coefficient (Wildman–Crippen LogP) is 6.29. The van der Waals surface area contributed by atoms with Gasteiger partial charge in [0, 0.05) is 41.0 Å². The van der Waals surface area contributed by atoms with Crippen LogP contribution in [0.15, 0.2) is 59.4 Å². The molecular weight excluding hydrogens is 396 g/mol. The summed E-state index contributed by atoms with van der Waals surface area (Å²) in [6.45, 7) is 4.96. The number of hydrogen-bond acceptors (Lipinski definition) is 4. The van der Waals surface area contributed by atoms with Crippen LogP contribution in [0, 0.1) is 6.92 Å². The number of nitrogens with one attached hydrogen (secondary N) is 1. The molecular formula is C24H23ClN4O. The summed E-state index contributed by atoms with van der Waals surface area (Å²) in [5.41, 5.74) is 7.82. The summed E-state index contributed by atoms with van der Waals surface area (Å²) in [6.07, 6.45) is 5.77. The molecule has 5 rings (SSSR count). The summed E-state index contributed by atoms with van der Waals surface area (Å²) in [5.74, 6) is 0.959. The molecule has 0 bridgehead atoms. The number of aryl methyl sites for hydroxylation is 3. The van der Waals surface area contributed by atoms with Crippen molar-refractivity contribution in [2.45, 2.75) is 39.3 Å². The van der Waals surface area contributed by atoms with Crippen LogP contribution < -0.4 is 5.32 Å². The van der Waals surface area contributed by atoms with E-state index in [1.807, 2.05) is 42.1 Å². The average Bonchev–Trinajstić information content (AvgIpc) is 3.35. The molecule has 2 aromatic carbocycles. The summed E-state index contributed by atoms with van der Waals surface area (Å²) in [4.78, 5) is 0. The topological polar surface area (TPSA) is 55.9 Å². The number of halogens is 1. The van der Waals surface area contributed by atoms with E-state index in [9.17, 15) is 0 Å². The molecule has 6 heteroatoms. The molecule has 0 fully saturated rings. The molecule has 0 amide bonds. The Kier molecular flexibility index (Phi) is 4.83. The second-order valence-corrected chi connectivity index (χ2v) is 8.13. The third-order valence-corrected chi connectivity index (χ3v) is 6.02. The second kappa shape index (κ2) is 7.65. The highest BCUT2D eigenvalue weighted by atomic mass is 35.5. The fourth-order valence-corrected chi connectivity index (χ4v) is 4.33. The zero-order valence-corrected chi connectivity index (χ0v) is 17.8. The number of anilines is 1. The van der Waals surface area contributed by atoms with Crippen molar-refractivity contribution in [3.8, 4) is 22.3 Å². The fraction of sp³-hybridized carbons (Fsp3) is 0.250. The Balaban J connectivity index is 1.61. The molecule has 1 atom stereocenters. The van der Waals surface area contributed by atoms with Gasteiger partial charge in [-0.3, -0.25) is 4.68 Å². The minimum absolute atomic E-state index is 0.143. The van der Waals surface area contributed by atoms with E-state index in [1.165, 1.54) is 11.1 Å². The minimum atomic E-state index is 0.143. The Morgan fingerprint density at radius 1 is 1.17 bits per heavy atom. The van der Waals surface area contributed by atoms with Gasteiger partial charge in [-0.25, -0.2) is 0 Å². The molecule has 0 radical (unpaired) electrons. The Morgan fingerprint density at radius 2 is 2.00 bits per heavy atom. The third kappa shape index (κ3) is 3.39. The van der Waals surface area contributed by atoms with Gasteiger partial charge in [-0.05, 0) is 67.3 Å². The van der Waals surface area contributed by atoms with Gasteiger partial charge in [0.1, 0.15) is 5.76 Å². The summed E-state index contributed by atoms with van der Waals surface area (Å²) in [7, 11) is 0. The molecule has 4 aromatic rings. The lowest BCUT2D eigenvalue weighted by Gasteiger charge is -2.21. The first kappa shape index (κ1) is 18.9. The molecule has 1 aliphatic rings. The summed E-state index contributed by atoms with van der Waals surface area (Å²) >= 11 is 6.07. The largest absolute Gasteiger partial charge is 0.378 e. The SMILES string of the molecule is CCn1cc(-c2ccc3c(c2)C(Nc2ccc(Cl)cc2)CCc2onc(C)c2-3)cn1. The first-order chi connectivity index (χ1) is 14.6. The zero-order chi connectivity index (χ0) is 20.7. The summed E-state index contributed by atoms with van der Waals surface area (Å²) in [6, 6.07) is 14.6. The maximum Gasteiger partial charge on any atom is 0.144 e. The van der Waals surface area contributed by atoms with Gasteiger partial charge in [-0.2, -0.15) is 5.10 Å². The van der Waals surface area contributed by atoms with Crippen molar-refractivity contribution in [1.82, 2.24) is 14.9 Å². The summed E-state index contributed by atoms with van der Waals surface area (Å²) < 4.78 is 7.61. The first-order valence-corrected chi connectivity index (χ1v) is 10.6. The van der Waals surface area contributed by atoms with Gasteiger partial charge < -0.3 is 9.84 Å². The normalized spacial score (nSPS) is 15.4. The van der Waals surface area contributed by atoms with Gasteiger partial charge in [-0.1, -0.05) is 28.9 Å².